The van der Waals surface area contributed by atoms with Crippen molar-refractivity contribution in [3.8, 4) is 0 Å². The molecule has 18 heavy (non-hydrogen) atoms. The van der Waals surface area contributed by atoms with Gasteiger partial charge in [-0.15, -0.1) is 0 Å². The molecule has 1 unspecified atom stereocenters. The smallest absolute Gasteiger partial charge is 0.146 e. The molecule has 0 aliphatic carbocycles. The van der Waals surface area contributed by atoms with Crippen LogP contribution in [0.15, 0.2) is 18.2 Å². The van der Waals surface area contributed by atoms with Gasteiger partial charge < -0.3 is 10.6 Å². The normalized spacial score (nSPS) is 22.0. The number of rotatable bonds is 3. The quantitative estimate of drug-likeness (QED) is 0.890. The van der Waals surface area contributed by atoms with Crippen molar-refractivity contribution < 1.29 is 4.39 Å². The molecule has 2 atom stereocenters. The molecule has 1 saturated heterocycles. The first-order chi connectivity index (χ1) is 8.61. The molecule has 1 aliphatic heterocycles. The van der Waals surface area contributed by atoms with E-state index in [1.54, 1.807) is 6.07 Å². The van der Waals surface area contributed by atoms with E-state index in [4.69, 9.17) is 5.73 Å². The monoisotopic (exact) mass is 250 g/mol. The van der Waals surface area contributed by atoms with Crippen molar-refractivity contribution in [2.75, 3.05) is 18.0 Å². The third-order valence-corrected chi connectivity index (χ3v) is 3.93. The molecule has 1 aromatic carbocycles. The minimum Gasteiger partial charge on any atom is -0.369 e. The van der Waals surface area contributed by atoms with Gasteiger partial charge in [-0.05, 0) is 43.4 Å². The van der Waals surface area contributed by atoms with Crippen LogP contribution in [0, 0.1) is 11.7 Å². The van der Waals surface area contributed by atoms with Crippen LogP contribution in [0.1, 0.15) is 44.7 Å². The Hall–Kier alpha value is -1.09. The highest BCUT2D eigenvalue weighted by molar-refractivity contribution is 5.50. The van der Waals surface area contributed by atoms with Crippen LogP contribution < -0.4 is 10.6 Å². The maximum Gasteiger partial charge on any atom is 0.146 e. The number of halogens is 1. The lowest BCUT2D eigenvalue weighted by molar-refractivity contribution is 0.401. The van der Waals surface area contributed by atoms with Gasteiger partial charge in [0.1, 0.15) is 5.82 Å². The zero-order valence-corrected chi connectivity index (χ0v) is 11.3. The largest absolute Gasteiger partial charge is 0.369 e. The van der Waals surface area contributed by atoms with Crippen LogP contribution >= 0.6 is 0 Å². The van der Waals surface area contributed by atoms with Gasteiger partial charge in [0.05, 0.1) is 5.69 Å². The van der Waals surface area contributed by atoms with Crippen LogP contribution in [-0.4, -0.2) is 13.1 Å². The van der Waals surface area contributed by atoms with E-state index in [0.717, 1.165) is 30.8 Å². The first-order valence-electron chi connectivity index (χ1n) is 6.91. The molecular weight excluding hydrogens is 227 g/mol. The van der Waals surface area contributed by atoms with E-state index in [0.29, 0.717) is 5.92 Å². The van der Waals surface area contributed by atoms with Crippen molar-refractivity contribution in [3.05, 3.63) is 29.6 Å². The first-order valence-corrected chi connectivity index (χ1v) is 6.91. The van der Waals surface area contributed by atoms with E-state index < -0.39 is 0 Å². The second-order valence-electron chi connectivity index (χ2n) is 5.36. The summed E-state index contributed by atoms with van der Waals surface area (Å²) in [6.45, 7) is 6.03. The molecule has 1 aliphatic rings. The minimum absolute atomic E-state index is 0.113. The third kappa shape index (κ3) is 2.83. The predicted molar refractivity (Wildman–Crippen MR) is 74.2 cm³/mol. The lowest BCUT2D eigenvalue weighted by Crippen LogP contribution is -2.35. The number of anilines is 1. The predicted octanol–water partition coefficient (Wildman–Crippen LogP) is 3.47. The molecule has 1 heterocycles. The Kier molecular flexibility index (Phi) is 4.23. The van der Waals surface area contributed by atoms with E-state index >= 15 is 0 Å². The van der Waals surface area contributed by atoms with E-state index in [1.807, 2.05) is 19.1 Å². The average molecular weight is 250 g/mol. The molecule has 3 heteroatoms. The summed E-state index contributed by atoms with van der Waals surface area (Å²) in [5.74, 6) is 0.563. The summed E-state index contributed by atoms with van der Waals surface area (Å²) in [4.78, 5) is 2.18. The van der Waals surface area contributed by atoms with Crippen LogP contribution in [-0.2, 0) is 0 Å². The van der Waals surface area contributed by atoms with Crippen LogP contribution in [0.4, 0.5) is 10.1 Å². The van der Waals surface area contributed by atoms with Crippen molar-refractivity contribution in [1.29, 1.82) is 0 Å². The number of hydrogen-bond donors (Lipinski definition) is 1. The fourth-order valence-electron chi connectivity index (χ4n) is 2.68. The zero-order chi connectivity index (χ0) is 13.1. The van der Waals surface area contributed by atoms with Crippen LogP contribution in [0.2, 0.25) is 0 Å². The van der Waals surface area contributed by atoms with Crippen molar-refractivity contribution in [2.45, 2.75) is 39.2 Å². The summed E-state index contributed by atoms with van der Waals surface area (Å²) < 4.78 is 14.1. The average Bonchev–Trinajstić information content (AvgIpc) is 2.38. The molecule has 2 nitrogen and oxygen atoms in total. The lowest BCUT2D eigenvalue weighted by Gasteiger charge is -2.34. The third-order valence-electron chi connectivity index (χ3n) is 3.93. The van der Waals surface area contributed by atoms with Crippen molar-refractivity contribution >= 4 is 5.69 Å². The molecule has 100 valence electrons. The Morgan fingerprint density at radius 1 is 1.50 bits per heavy atom. The Balaban J connectivity index is 2.17. The second-order valence-corrected chi connectivity index (χ2v) is 5.36. The number of nitrogens with zero attached hydrogens (tertiary/aromatic N) is 1. The van der Waals surface area contributed by atoms with Crippen molar-refractivity contribution in [3.63, 3.8) is 0 Å². The number of hydrogen-bond acceptors (Lipinski definition) is 2. The standard InChI is InChI=1S/C15H23FN2/c1-3-12-5-4-8-18(10-12)15-7-6-13(11(2)17)9-14(15)16/h6-7,9,11-12H,3-5,8,10,17H2,1-2H3/t11-,12?/m1/s1. The van der Waals surface area contributed by atoms with E-state index in [-0.39, 0.29) is 11.9 Å². The van der Waals surface area contributed by atoms with Gasteiger partial charge in [0.15, 0.2) is 0 Å². The van der Waals surface area contributed by atoms with Gasteiger partial charge in [0, 0.05) is 19.1 Å². The molecule has 0 radical (unpaired) electrons. The molecule has 0 bridgehead atoms. The molecule has 0 spiro atoms. The van der Waals surface area contributed by atoms with Gasteiger partial charge in [-0.1, -0.05) is 19.4 Å². The van der Waals surface area contributed by atoms with Crippen LogP contribution in [0.5, 0.6) is 0 Å². The highest BCUT2D eigenvalue weighted by Gasteiger charge is 2.21. The first kappa shape index (κ1) is 13.3. The molecular formula is C15H23FN2. The summed E-state index contributed by atoms with van der Waals surface area (Å²) in [6, 6.07) is 5.29. The highest BCUT2D eigenvalue weighted by atomic mass is 19.1. The number of piperidine rings is 1. The number of nitrogens with two attached hydrogens (primary N) is 1. The summed E-state index contributed by atoms with van der Waals surface area (Å²) in [7, 11) is 0. The topological polar surface area (TPSA) is 29.3 Å². The van der Waals surface area contributed by atoms with Crippen LogP contribution in [0.25, 0.3) is 0 Å². The van der Waals surface area contributed by atoms with Gasteiger partial charge in [-0.3, -0.25) is 0 Å². The highest BCUT2D eigenvalue weighted by Crippen LogP contribution is 2.28. The van der Waals surface area contributed by atoms with E-state index in [1.165, 1.54) is 12.8 Å². The number of benzene rings is 1. The van der Waals surface area contributed by atoms with Crippen molar-refractivity contribution in [2.24, 2.45) is 11.7 Å². The minimum atomic E-state index is -0.137. The molecule has 2 rings (SSSR count). The maximum absolute atomic E-state index is 14.1. The fraction of sp³-hybridized carbons (Fsp3) is 0.600. The van der Waals surface area contributed by atoms with Gasteiger partial charge in [0.25, 0.3) is 0 Å². The Morgan fingerprint density at radius 3 is 2.89 bits per heavy atom. The van der Waals surface area contributed by atoms with Gasteiger partial charge in [-0.2, -0.15) is 0 Å². The van der Waals surface area contributed by atoms with E-state index in [9.17, 15) is 4.39 Å². The molecule has 1 fully saturated rings. The van der Waals surface area contributed by atoms with Crippen LogP contribution in [0.3, 0.4) is 0 Å². The molecule has 0 amide bonds. The fourth-order valence-corrected chi connectivity index (χ4v) is 2.68. The second kappa shape index (κ2) is 5.70. The molecule has 0 saturated carbocycles. The molecule has 2 N–H and O–H groups in total. The van der Waals surface area contributed by atoms with E-state index in [2.05, 4.69) is 11.8 Å². The van der Waals surface area contributed by atoms with Gasteiger partial charge in [0.2, 0.25) is 0 Å². The summed E-state index contributed by atoms with van der Waals surface area (Å²) in [5.41, 5.74) is 7.37. The zero-order valence-electron chi connectivity index (χ0n) is 11.3. The van der Waals surface area contributed by atoms with Crippen molar-refractivity contribution in [1.82, 2.24) is 0 Å². The van der Waals surface area contributed by atoms with Gasteiger partial charge in [-0.25, -0.2) is 4.39 Å². The SMILES string of the molecule is CCC1CCCN(c2ccc([C@@H](C)N)cc2F)C1. The summed E-state index contributed by atoms with van der Waals surface area (Å²) in [5, 5.41) is 0. The van der Waals surface area contributed by atoms with Gasteiger partial charge >= 0.3 is 0 Å². The Morgan fingerprint density at radius 2 is 2.28 bits per heavy atom. The summed E-state index contributed by atoms with van der Waals surface area (Å²) in [6.07, 6.45) is 3.61. The Labute approximate surface area is 109 Å². The Bertz CT molecular complexity index is 403. The maximum atomic E-state index is 14.1. The molecule has 0 aromatic heterocycles. The lowest BCUT2D eigenvalue weighted by atomic mass is 9.95. The molecule has 1 aromatic rings. The summed E-state index contributed by atoms with van der Waals surface area (Å²) >= 11 is 0.